The number of nitrogens with one attached hydrogen (secondary N) is 2. The second-order valence-electron chi connectivity index (χ2n) is 3.75. The van der Waals surface area contributed by atoms with Crippen LogP contribution in [0.2, 0.25) is 0 Å². The Balaban J connectivity index is 2.19. The Morgan fingerprint density at radius 2 is 1.90 bits per heavy atom. The number of amides is 1. The van der Waals surface area contributed by atoms with Gasteiger partial charge in [0.1, 0.15) is 5.69 Å². The highest BCUT2D eigenvalue weighted by molar-refractivity contribution is 7.94. The molecule has 0 bridgehead atoms. The molecule has 0 saturated carbocycles. The summed E-state index contributed by atoms with van der Waals surface area (Å²) in [5, 5.41) is 10.9. The van der Waals surface area contributed by atoms with Gasteiger partial charge in [0.25, 0.3) is 14.4 Å². The molecule has 2 aromatic heterocycles. The van der Waals surface area contributed by atoms with Gasteiger partial charge in [0.05, 0.1) is 0 Å². The molecule has 0 atom stereocenters. The first-order chi connectivity index (χ1) is 9.78. The minimum absolute atomic E-state index is 0.0523. The number of anilines is 2. The van der Waals surface area contributed by atoms with E-state index >= 15 is 0 Å². The fourth-order valence-electron chi connectivity index (χ4n) is 1.16. The predicted octanol–water partition coefficient (Wildman–Crippen LogP) is 0.956. The van der Waals surface area contributed by atoms with Crippen molar-refractivity contribution in [3.63, 3.8) is 0 Å². The van der Waals surface area contributed by atoms with Crippen LogP contribution in [0, 0.1) is 0 Å². The molecule has 2 heterocycles. The largest absolute Gasteiger partial charge is 0.301 e. The molecule has 0 aliphatic rings. The average molecular weight is 347 g/mol. The lowest BCUT2D eigenvalue weighted by atomic mass is 10.4. The third kappa shape index (κ3) is 3.80. The smallest absolute Gasteiger partial charge is 0.293 e. The minimum atomic E-state index is -3.96. The molecule has 21 heavy (non-hydrogen) atoms. The van der Waals surface area contributed by atoms with Crippen LogP contribution in [0.25, 0.3) is 0 Å². The van der Waals surface area contributed by atoms with Gasteiger partial charge in [-0.2, -0.15) is 8.42 Å². The highest BCUT2D eigenvalue weighted by Gasteiger charge is 2.22. The summed E-state index contributed by atoms with van der Waals surface area (Å²) in [4.78, 5) is 25.8. The van der Waals surface area contributed by atoms with Gasteiger partial charge in [-0.25, -0.2) is 4.98 Å². The van der Waals surface area contributed by atoms with Gasteiger partial charge >= 0.3 is 0 Å². The maximum absolute atomic E-state index is 12.0. The lowest BCUT2D eigenvalue weighted by Gasteiger charge is -1.99. The summed E-state index contributed by atoms with van der Waals surface area (Å²) in [5.74, 6) is -0.644. The predicted molar refractivity (Wildman–Crippen MR) is 77.1 cm³/mol. The summed E-state index contributed by atoms with van der Waals surface area (Å²) in [6.45, 7) is 2.60. The Bertz CT molecular complexity index is 794. The number of nitrogens with zero attached hydrogens (tertiary/aromatic N) is 3. The number of hydrogen-bond acceptors (Lipinski definition) is 9. The molecular weight excluding hydrogens is 338 g/mol. The number of Topliss-reactive ketones (excluding diaryl/α,β-unsaturated/α-hetero) is 1. The molecule has 112 valence electrons. The molecule has 2 aromatic rings. The van der Waals surface area contributed by atoms with Crippen molar-refractivity contribution >= 4 is 54.7 Å². The van der Waals surface area contributed by atoms with E-state index < -0.39 is 10.0 Å². The van der Waals surface area contributed by atoms with Gasteiger partial charge in [-0.1, -0.05) is 11.3 Å². The van der Waals surface area contributed by atoms with Crippen molar-refractivity contribution in [3.8, 4) is 0 Å². The molecule has 0 aliphatic carbocycles. The van der Waals surface area contributed by atoms with Gasteiger partial charge in [-0.3, -0.25) is 14.3 Å². The minimum Gasteiger partial charge on any atom is -0.301 e. The number of aromatic nitrogens is 3. The highest BCUT2D eigenvalue weighted by atomic mass is 32.2. The molecule has 1 amide bonds. The molecule has 2 N–H and O–H groups in total. The zero-order valence-corrected chi connectivity index (χ0v) is 13.2. The zero-order chi connectivity index (χ0) is 15.6. The van der Waals surface area contributed by atoms with Crippen molar-refractivity contribution in [1.29, 1.82) is 0 Å². The van der Waals surface area contributed by atoms with Crippen LogP contribution in [0.4, 0.5) is 10.3 Å². The Kier molecular flexibility index (Phi) is 4.29. The molecule has 0 radical (unpaired) electrons. The number of sulfonamides is 1. The van der Waals surface area contributed by atoms with Crippen molar-refractivity contribution < 1.29 is 18.0 Å². The van der Waals surface area contributed by atoms with Crippen LogP contribution in [-0.4, -0.2) is 35.3 Å². The first-order valence-electron chi connectivity index (χ1n) is 5.38. The summed E-state index contributed by atoms with van der Waals surface area (Å²) < 4.78 is 26.0. The van der Waals surface area contributed by atoms with E-state index in [1.54, 1.807) is 0 Å². The van der Waals surface area contributed by atoms with Crippen molar-refractivity contribution in [3.05, 3.63) is 11.1 Å². The Morgan fingerprint density at radius 1 is 1.19 bits per heavy atom. The van der Waals surface area contributed by atoms with E-state index in [2.05, 4.69) is 25.2 Å². The quantitative estimate of drug-likeness (QED) is 0.608. The monoisotopic (exact) mass is 347 g/mol. The molecular formula is C9H9N5O4S3. The summed E-state index contributed by atoms with van der Waals surface area (Å²) in [5.41, 5.74) is 0.175. The third-order valence-corrected chi connectivity index (χ3v) is 5.44. The van der Waals surface area contributed by atoms with Gasteiger partial charge in [0.15, 0.2) is 10.9 Å². The van der Waals surface area contributed by atoms with Crippen LogP contribution in [0.15, 0.2) is 9.72 Å². The molecule has 9 nitrogen and oxygen atoms in total. The van der Waals surface area contributed by atoms with E-state index in [0.717, 1.165) is 11.3 Å². The first kappa shape index (κ1) is 15.5. The van der Waals surface area contributed by atoms with Gasteiger partial charge in [0, 0.05) is 19.2 Å². The number of rotatable bonds is 5. The van der Waals surface area contributed by atoms with E-state index in [1.165, 1.54) is 19.2 Å². The van der Waals surface area contributed by atoms with E-state index in [-0.39, 0.29) is 32.0 Å². The number of carbonyl (C=O) groups excluding carboxylic acids is 2. The Labute approximate surface area is 127 Å². The average Bonchev–Trinajstić information content (AvgIpc) is 2.97. The fourth-order valence-corrected chi connectivity index (χ4v) is 4.11. The number of thiazole rings is 1. The van der Waals surface area contributed by atoms with E-state index in [1.807, 2.05) is 0 Å². The lowest BCUT2D eigenvalue weighted by Crippen LogP contribution is -2.12. The maximum atomic E-state index is 12.0. The second kappa shape index (κ2) is 5.83. The number of hydrogen-bond donors (Lipinski definition) is 2. The van der Waals surface area contributed by atoms with Crippen LogP contribution in [0.5, 0.6) is 0 Å². The molecule has 0 spiro atoms. The second-order valence-corrected chi connectivity index (χ2v) is 7.45. The Hall–Kier alpha value is -1.92. The van der Waals surface area contributed by atoms with Crippen molar-refractivity contribution in [2.24, 2.45) is 0 Å². The van der Waals surface area contributed by atoms with Gasteiger partial charge in [-0.05, 0) is 0 Å². The Morgan fingerprint density at radius 3 is 2.48 bits per heavy atom. The molecule has 2 rings (SSSR count). The lowest BCUT2D eigenvalue weighted by molar-refractivity contribution is -0.114. The summed E-state index contributed by atoms with van der Waals surface area (Å²) in [7, 11) is -3.96. The van der Waals surface area contributed by atoms with Crippen molar-refractivity contribution in [2.75, 3.05) is 10.0 Å². The summed E-state index contributed by atoms with van der Waals surface area (Å²) in [6.07, 6.45) is 0. The van der Waals surface area contributed by atoms with Crippen molar-refractivity contribution in [1.82, 2.24) is 15.2 Å². The molecule has 0 saturated heterocycles. The van der Waals surface area contributed by atoms with E-state index in [4.69, 9.17) is 0 Å². The van der Waals surface area contributed by atoms with Gasteiger partial charge < -0.3 is 5.32 Å². The SMILES string of the molecule is CC(=O)Nc1nnc(S(=O)(=O)Nc2nc(C(C)=O)cs2)s1. The van der Waals surface area contributed by atoms with E-state index in [9.17, 15) is 18.0 Å². The van der Waals surface area contributed by atoms with Crippen LogP contribution < -0.4 is 10.0 Å². The maximum Gasteiger partial charge on any atom is 0.293 e. The molecule has 12 heteroatoms. The normalized spacial score (nSPS) is 11.1. The van der Waals surface area contributed by atoms with Gasteiger partial charge in [-0.15, -0.1) is 21.5 Å². The highest BCUT2D eigenvalue weighted by Crippen LogP contribution is 2.24. The van der Waals surface area contributed by atoms with E-state index in [0.29, 0.717) is 11.3 Å². The van der Waals surface area contributed by atoms with Crippen molar-refractivity contribution in [2.45, 2.75) is 18.2 Å². The topological polar surface area (TPSA) is 131 Å². The van der Waals surface area contributed by atoms with Crippen LogP contribution >= 0.6 is 22.7 Å². The molecule has 0 aromatic carbocycles. The standard InChI is InChI=1S/C9H9N5O4S3/c1-4(15)6-3-19-8(11-6)14-21(17,18)9-13-12-7(20-9)10-5(2)16/h3H,1-2H3,(H,11,14)(H,10,12,16). The number of ketones is 1. The zero-order valence-electron chi connectivity index (χ0n) is 10.8. The fraction of sp³-hybridized carbons (Fsp3) is 0.222. The molecule has 0 fully saturated rings. The third-order valence-electron chi connectivity index (χ3n) is 2.01. The van der Waals surface area contributed by atoms with Crippen LogP contribution in [0.1, 0.15) is 24.3 Å². The summed E-state index contributed by atoms with van der Waals surface area (Å²) in [6, 6.07) is 0. The first-order valence-corrected chi connectivity index (χ1v) is 8.56. The van der Waals surface area contributed by atoms with Gasteiger partial charge in [0.2, 0.25) is 11.0 Å². The number of carbonyl (C=O) groups is 2. The van der Waals surface area contributed by atoms with Crippen LogP contribution in [0.3, 0.4) is 0 Å². The molecule has 0 unspecified atom stereocenters. The summed E-state index contributed by atoms with van der Waals surface area (Å²) >= 11 is 1.69. The van der Waals surface area contributed by atoms with Crippen LogP contribution in [-0.2, 0) is 14.8 Å². The molecule has 0 aliphatic heterocycles.